The molecule has 2 aromatic rings. The van der Waals surface area contributed by atoms with Crippen molar-refractivity contribution >= 4 is 10.8 Å². The monoisotopic (exact) mass is 312 g/mol. The molecule has 0 aromatic heterocycles. The van der Waals surface area contributed by atoms with E-state index in [1.165, 1.54) is 27.5 Å². The molecule has 2 nitrogen and oxygen atoms in total. The van der Waals surface area contributed by atoms with Gasteiger partial charge in [-0.3, -0.25) is 0 Å². The van der Waals surface area contributed by atoms with E-state index in [1.54, 1.807) is 7.11 Å². The molecule has 0 unspecified atom stereocenters. The lowest BCUT2D eigenvalue weighted by molar-refractivity contribution is 0.0932. The summed E-state index contributed by atoms with van der Waals surface area (Å²) in [4.78, 5) is 0. The number of methoxy groups -OCH3 is 1. The summed E-state index contributed by atoms with van der Waals surface area (Å²) in [7, 11) is 1.76. The van der Waals surface area contributed by atoms with Gasteiger partial charge in [0.15, 0.2) is 11.5 Å². The smallest absolute Gasteiger partial charge is 0.170 e. The molecule has 3 rings (SSSR count). The van der Waals surface area contributed by atoms with Crippen LogP contribution in [-0.4, -0.2) is 12.7 Å². The molecular formula is C21H28O2. The zero-order chi connectivity index (χ0) is 16.8. The normalized spacial score (nSPS) is 16.8. The van der Waals surface area contributed by atoms with Gasteiger partial charge >= 0.3 is 0 Å². The lowest BCUT2D eigenvalue weighted by atomic mass is 9.88. The fourth-order valence-corrected chi connectivity index (χ4v) is 3.71. The fourth-order valence-electron chi connectivity index (χ4n) is 3.71. The highest BCUT2D eigenvalue weighted by molar-refractivity contribution is 5.95. The van der Waals surface area contributed by atoms with Crippen LogP contribution >= 0.6 is 0 Å². The molecule has 0 saturated carbocycles. The molecule has 0 bridgehead atoms. The summed E-state index contributed by atoms with van der Waals surface area (Å²) >= 11 is 0. The van der Waals surface area contributed by atoms with Crippen LogP contribution in [-0.2, 0) is 6.42 Å². The Hall–Kier alpha value is -1.70. The summed E-state index contributed by atoms with van der Waals surface area (Å²) < 4.78 is 12.4. The largest absolute Gasteiger partial charge is 0.493 e. The summed E-state index contributed by atoms with van der Waals surface area (Å²) in [6, 6.07) is 6.75. The topological polar surface area (TPSA) is 18.5 Å². The van der Waals surface area contributed by atoms with Crippen LogP contribution in [0.2, 0.25) is 0 Å². The van der Waals surface area contributed by atoms with Crippen molar-refractivity contribution in [2.45, 2.75) is 65.4 Å². The molecule has 0 N–H and O–H groups in total. The van der Waals surface area contributed by atoms with E-state index < -0.39 is 0 Å². The molecule has 1 heterocycles. The van der Waals surface area contributed by atoms with Gasteiger partial charge in [0.2, 0.25) is 0 Å². The summed E-state index contributed by atoms with van der Waals surface area (Å²) in [6.45, 7) is 11.0. The molecule has 23 heavy (non-hydrogen) atoms. The van der Waals surface area contributed by atoms with E-state index in [-0.39, 0.29) is 5.60 Å². The molecule has 2 heteroatoms. The molecule has 2 aromatic carbocycles. The second kappa shape index (κ2) is 5.74. The quantitative estimate of drug-likeness (QED) is 0.700. The van der Waals surface area contributed by atoms with Crippen molar-refractivity contribution in [1.29, 1.82) is 0 Å². The van der Waals surface area contributed by atoms with Crippen LogP contribution in [0.15, 0.2) is 18.2 Å². The van der Waals surface area contributed by atoms with E-state index >= 15 is 0 Å². The lowest BCUT2D eigenvalue weighted by Gasteiger charge is -2.32. The minimum Gasteiger partial charge on any atom is -0.493 e. The summed E-state index contributed by atoms with van der Waals surface area (Å²) in [6.07, 6.45) is 3.31. The van der Waals surface area contributed by atoms with Gasteiger partial charge in [0.05, 0.1) is 7.11 Å². The molecule has 0 aliphatic carbocycles. The van der Waals surface area contributed by atoms with Gasteiger partial charge < -0.3 is 9.47 Å². The first-order valence-corrected chi connectivity index (χ1v) is 8.66. The van der Waals surface area contributed by atoms with Crippen LogP contribution in [0.5, 0.6) is 11.5 Å². The molecule has 0 saturated heterocycles. The van der Waals surface area contributed by atoms with Crippen molar-refractivity contribution in [3.63, 3.8) is 0 Å². The lowest BCUT2D eigenvalue weighted by Crippen LogP contribution is -2.29. The van der Waals surface area contributed by atoms with Gasteiger partial charge in [-0.1, -0.05) is 26.0 Å². The molecule has 124 valence electrons. The van der Waals surface area contributed by atoms with E-state index in [4.69, 9.17) is 9.47 Å². The third kappa shape index (κ3) is 2.80. The predicted octanol–water partition coefficient (Wildman–Crippen LogP) is 5.77. The Bertz CT molecular complexity index is 741. The average molecular weight is 312 g/mol. The Morgan fingerprint density at radius 1 is 1.22 bits per heavy atom. The Kier molecular flexibility index (Phi) is 4.03. The first-order chi connectivity index (χ1) is 10.8. The van der Waals surface area contributed by atoms with Crippen molar-refractivity contribution in [1.82, 2.24) is 0 Å². The van der Waals surface area contributed by atoms with Crippen molar-refractivity contribution in [2.75, 3.05) is 7.11 Å². The zero-order valence-corrected chi connectivity index (χ0v) is 15.2. The van der Waals surface area contributed by atoms with Crippen molar-refractivity contribution in [3.8, 4) is 11.5 Å². The van der Waals surface area contributed by atoms with Gasteiger partial charge in [-0.2, -0.15) is 0 Å². The molecular weight excluding hydrogens is 284 g/mol. The molecule has 0 radical (unpaired) electrons. The maximum atomic E-state index is 6.54. The van der Waals surface area contributed by atoms with E-state index in [9.17, 15) is 0 Å². The SMILES string of the molecule is COc1c(C(C)C)cc2ccc(C)c3c2c1OC(C)(C)CCC3. The standard InChI is InChI=1S/C21H28O2/c1-13(2)17-12-15-10-9-14(3)16-8-7-11-21(4,5)23-20(18(15)16)19(17)22-6/h9-10,12-13H,7-8,11H2,1-6H3. The molecule has 1 aliphatic rings. The summed E-state index contributed by atoms with van der Waals surface area (Å²) in [5, 5.41) is 2.52. The fraction of sp³-hybridized carbons (Fsp3) is 0.524. The Morgan fingerprint density at radius 3 is 2.61 bits per heavy atom. The maximum Gasteiger partial charge on any atom is 0.170 e. The molecule has 1 aliphatic heterocycles. The van der Waals surface area contributed by atoms with Gasteiger partial charge in [-0.15, -0.1) is 0 Å². The average Bonchev–Trinajstić information content (AvgIpc) is 2.46. The van der Waals surface area contributed by atoms with Crippen LogP contribution in [0.4, 0.5) is 0 Å². The van der Waals surface area contributed by atoms with Gasteiger partial charge in [0, 0.05) is 10.9 Å². The van der Waals surface area contributed by atoms with Crippen molar-refractivity contribution < 1.29 is 9.47 Å². The number of rotatable bonds is 2. The van der Waals surface area contributed by atoms with Gasteiger partial charge in [-0.05, 0) is 68.5 Å². The minimum atomic E-state index is -0.169. The Labute approximate surface area is 139 Å². The Balaban J connectivity index is 2.43. The molecule has 0 fully saturated rings. The van der Waals surface area contributed by atoms with Crippen molar-refractivity contribution in [3.05, 3.63) is 34.9 Å². The van der Waals surface area contributed by atoms with E-state index in [2.05, 4.69) is 52.8 Å². The van der Waals surface area contributed by atoms with Crippen LogP contribution in [0.1, 0.15) is 63.1 Å². The van der Waals surface area contributed by atoms with Gasteiger partial charge in [-0.25, -0.2) is 0 Å². The van der Waals surface area contributed by atoms with E-state index in [0.29, 0.717) is 5.92 Å². The van der Waals surface area contributed by atoms with Gasteiger partial charge in [0.25, 0.3) is 0 Å². The van der Waals surface area contributed by atoms with E-state index in [0.717, 1.165) is 30.8 Å². The molecule has 0 amide bonds. The van der Waals surface area contributed by atoms with Crippen LogP contribution in [0.3, 0.4) is 0 Å². The molecule has 0 atom stereocenters. The van der Waals surface area contributed by atoms with Gasteiger partial charge in [0.1, 0.15) is 5.60 Å². The second-order valence-electron chi connectivity index (χ2n) is 7.66. The highest BCUT2D eigenvalue weighted by atomic mass is 16.5. The predicted molar refractivity (Wildman–Crippen MR) is 97.0 cm³/mol. The zero-order valence-electron chi connectivity index (χ0n) is 15.2. The second-order valence-corrected chi connectivity index (χ2v) is 7.66. The first kappa shape index (κ1) is 16.2. The van der Waals surface area contributed by atoms with Crippen LogP contribution in [0, 0.1) is 6.92 Å². The Morgan fingerprint density at radius 2 is 1.96 bits per heavy atom. The maximum absolute atomic E-state index is 6.54. The number of hydrogen-bond acceptors (Lipinski definition) is 2. The third-order valence-corrected chi connectivity index (χ3v) is 5.00. The number of aryl methyl sites for hydroxylation is 2. The van der Waals surface area contributed by atoms with Crippen LogP contribution < -0.4 is 9.47 Å². The highest BCUT2D eigenvalue weighted by Gasteiger charge is 2.28. The number of hydrogen-bond donors (Lipinski definition) is 0. The minimum absolute atomic E-state index is 0.169. The molecule has 0 spiro atoms. The first-order valence-electron chi connectivity index (χ1n) is 8.66. The number of benzene rings is 2. The van der Waals surface area contributed by atoms with Crippen LogP contribution in [0.25, 0.3) is 10.8 Å². The van der Waals surface area contributed by atoms with Crippen molar-refractivity contribution in [2.24, 2.45) is 0 Å². The number of ether oxygens (including phenoxy) is 2. The summed E-state index contributed by atoms with van der Waals surface area (Å²) in [5.74, 6) is 2.25. The third-order valence-electron chi connectivity index (χ3n) is 5.00. The van der Waals surface area contributed by atoms with E-state index in [1.807, 2.05) is 0 Å². The highest BCUT2D eigenvalue weighted by Crippen LogP contribution is 2.47. The summed E-state index contributed by atoms with van der Waals surface area (Å²) in [5.41, 5.74) is 3.82.